The number of H-pyrrole nitrogens is 1. The minimum atomic E-state index is 0.418. The Kier molecular flexibility index (Phi) is 5.50. The first-order valence-electron chi connectivity index (χ1n) is 13.0. The van der Waals surface area contributed by atoms with Gasteiger partial charge in [0.1, 0.15) is 11.6 Å². The molecular weight excluding hydrogens is 434 g/mol. The number of benzene rings is 1. The molecule has 0 bridgehead atoms. The number of hydrogen-bond donors (Lipinski definition) is 1. The lowest BCUT2D eigenvalue weighted by Gasteiger charge is -2.35. The van der Waals surface area contributed by atoms with Gasteiger partial charge in [-0.25, -0.2) is 9.97 Å². The van der Waals surface area contributed by atoms with E-state index >= 15 is 0 Å². The van der Waals surface area contributed by atoms with E-state index in [0.29, 0.717) is 5.92 Å². The highest BCUT2D eigenvalue weighted by molar-refractivity contribution is 5.96. The van der Waals surface area contributed by atoms with Gasteiger partial charge in [-0.2, -0.15) is 5.10 Å². The van der Waals surface area contributed by atoms with Crippen LogP contribution in [0.4, 0.5) is 11.6 Å². The molecule has 1 fully saturated rings. The third-order valence-electron chi connectivity index (χ3n) is 7.63. The fraction of sp³-hybridized carbons (Fsp3) is 0.464. The van der Waals surface area contributed by atoms with Crippen LogP contribution in [0.2, 0.25) is 0 Å². The summed E-state index contributed by atoms with van der Waals surface area (Å²) in [5, 5.41) is 6.00. The van der Waals surface area contributed by atoms with Crippen LogP contribution in [-0.4, -0.2) is 44.4 Å². The maximum Gasteiger partial charge on any atom is 0.162 e. The van der Waals surface area contributed by atoms with Crippen molar-refractivity contribution in [3.05, 3.63) is 53.0 Å². The molecule has 3 aromatic heterocycles. The van der Waals surface area contributed by atoms with Crippen molar-refractivity contribution in [1.29, 1.82) is 0 Å². The highest BCUT2D eigenvalue weighted by Crippen LogP contribution is 2.36. The number of rotatable bonds is 4. The molecule has 2 aliphatic heterocycles. The smallest absolute Gasteiger partial charge is 0.162 e. The molecule has 7 nitrogen and oxygen atoms in total. The minimum absolute atomic E-state index is 0.418. The summed E-state index contributed by atoms with van der Waals surface area (Å²) in [6, 6.07) is 8.66. The quantitative estimate of drug-likeness (QED) is 0.437. The predicted octanol–water partition coefficient (Wildman–Crippen LogP) is 5.34. The summed E-state index contributed by atoms with van der Waals surface area (Å²) in [6.07, 6.45) is 6.75. The van der Waals surface area contributed by atoms with Gasteiger partial charge >= 0.3 is 0 Å². The third-order valence-corrected chi connectivity index (χ3v) is 7.63. The molecular formula is C28H35N7. The van der Waals surface area contributed by atoms with E-state index in [-0.39, 0.29) is 0 Å². The Labute approximate surface area is 207 Å². The Morgan fingerprint density at radius 3 is 2.60 bits per heavy atom. The zero-order valence-electron chi connectivity index (χ0n) is 21.3. The molecule has 0 aliphatic carbocycles. The number of nitrogens with zero attached hydrogens (tertiary/aromatic N) is 6. The van der Waals surface area contributed by atoms with Crippen LogP contribution < -0.4 is 9.80 Å². The van der Waals surface area contributed by atoms with E-state index in [9.17, 15) is 0 Å². The van der Waals surface area contributed by atoms with E-state index in [4.69, 9.17) is 15.1 Å². The third kappa shape index (κ3) is 3.87. The standard InChI is InChI=1S/C28H35N7/c1-18(2)24-15-25(33(4)32-24)35-14-11-22-21(17-35)28(34-12-6-5-7-13-34)31-27(30-22)20-9-8-10-23-26(20)19(3)16-29-23/h8-10,15-16,18,29H,5-7,11-14,17H2,1-4H3. The molecule has 0 radical (unpaired) electrons. The van der Waals surface area contributed by atoms with Gasteiger partial charge in [0.25, 0.3) is 0 Å². The van der Waals surface area contributed by atoms with Crippen molar-refractivity contribution in [3.63, 3.8) is 0 Å². The molecule has 0 spiro atoms. The molecule has 1 N–H and O–H groups in total. The van der Waals surface area contributed by atoms with Gasteiger partial charge in [0.2, 0.25) is 0 Å². The first-order valence-corrected chi connectivity index (χ1v) is 13.0. The average molecular weight is 470 g/mol. The lowest BCUT2D eigenvalue weighted by atomic mass is 10.0. The number of aromatic nitrogens is 5. The highest BCUT2D eigenvalue weighted by Gasteiger charge is 2.28. The SMILES string of the molecule is Cc1c[nH]c2cccc(-c3nc4c(c(N5CCCCC5)n3)CN(c3cc(C(C)C)nn3C)CC4)c12. The van der Waals surface area contributed by atoms with Gasteiger partial charge < -0.3 is 14.8 Å². The summed E-state index contributed by atoms with van der Waals surface area (Å²) in [7, 11) is 2.06. The summed E-state index contributed by atoms with van der Waals surface area (Å²) in [6.45, 7) is 10.5. The fourth-order valence-electron chi connectivity index (χ4n) is 5.68. The van der Waals surface area contributed by atoms with E-state index in [1.807, 2.05) is 4.68 Å². The van der Waals surface area contributed by atoms with Crippen molar-refractivity contribution < 1.29 is 0 Å². The Morgan fingerprint density at radius 1 is 1.00 bits per heavy atom. The molecule has 4 aromatic rings. The van der Waals surface area contributed by atoms with E-state index in [2.05, 4.69) is 73.1 Å². The van der Waals surface area contributed by atoms with Crippen molar-refractivity contribution in [2.24, 2.45) is 7.05 Å². The van der Waals surface area contributed by atoms with Crippen molar-refractivity contribution >= 4 is 22.5 Å². The minimum Gasteiger partial charge on any atom is -0.361 e. The predicted molar refractivity (Wildman–Crippen MR) is 142 cm³/mol. The molecule has 2 aliphatic rings. The van der Waals surface area contributed by atoms with E-state index < -0.39 is 0 Å². The molecule has 182 valence electrons. The van der Waals surface area contributed by atoms with Crippen LogP contribution in [0, 0.1) is 6.92 Å². The highest BCUT2D eigenvalue weighted by atomic mass is 15.4. The topological polar surface area (TPSA) is 65.9 Å². The maximum absolute atomic E-state index is 5.29. The molecule has 0 unspecified atom stereocenters. The number of fused-ring (bicyclic) bond motifs is 2. The lowest BCUT2D eigenvalue weighted by Crippen LogP contribution is -2.37. The van der Waals surface area contributed by atoms with Crippen molar-refractivity contribution in [2.75, 3.05) is 29.4 Å². The van der Waals surface area contributed by atoms with E-state index in [1.165, 1.54) is 47.3 Å². The summed E-state index contributed by atoms with van der Waals surface area (Å²) in [5.74, 6) is 3.58. The molecule has 7 heteroatoms. The second-order valence-electron chi connectivity index (χ2n) is 10.4. The van der Waals surface area contributed by atoms with Crippen LogP contribution in [0.25, 0.3) is 22.3 Å². The first-order chi connectivity index (χ1) is 17.0. The van der Waals surface area contributed by atoms with Crippen LogP contribution in [0.1, 0.15) is 61.5 Å². The van der Waals surface area contributed by atoms with Crippen molar-refractivity contribution in [2.45, 2.75) is 58.9 Å². The first kappa shape index (κ1) is 22.1. The number of nitrogens with one attached hydrogen (secondary N) is 1. The van der Waals surface area contributed by atoms with E-state index in [0.717, 1.165) is 61.0 Å². The normalized spacial score (nSPS) is 16.4. The molecule has 35 heavy (non-hydrogen) atoms. The largest absolute Gasteiger partial charge is 0.361 e. The molecule has 5 heterocycles. The summed E-state index contributed by atoms with van der Waals surface area (Å²) >= 11 is 0. The molecule has 1 aromatic carbocycles. The molecule has 0 atom stereocenters. The maximum atomic E-state index is 5.29. The number of aromatic amines is 1. The van der Waals surface area contributed by atoms with Crippen LogP contribution >= 0.6 is 0 Å². The molecule has 0 amide bonds. The Balaban J connectivity index is 1.45. The van der Waals surface area contributed by atoms with E-state index in [1.54, 1.807) is 0 Å². The van der Waals surface area contributed by atoms with Gasteiger partial charge in [-0.15, -0.1) is 0 Å². The molecule has 1 saturated heterocycles. The number of anilines is 2. The van der Waals surface area contributed by atoms with Crippen molar-refractivity contribution in [1.82, 2.24) is 24.7 Å². The number of aryl methyl sites for hydroxylation is 2. The monoisotopic (exact) mass is 469 g/mol. The average Bonchev–Trinajstić information content (AvgIpc) is 3.46. The van der Waals surface area contributed by atoms with Gasteiger partial charge in [0.05, 0.1) is 11.4 Å². The zero-order valence-corrected chi connectivity index (χ0v) is 21.3. The van der Waals surface area contributed by atoms with Gasteiger partial charge in [0.15, 0.2) is 5.82 Å². The molecule has 6 rings (SSSR count). The van der Waals surface area contributed by atoms with Gasteiger partial charge in [-0.05, 0) is 43.7 Å². The van der Waals surface area contributed by atoms with Gasteiger partial charge in [0, 0.05) is 73.9 Å². The Morgan fingerprint density at radius 2 is 1.83 bits per heavy atom. The second kappa shape index (κ2) is 8.70. The van der Waals surface area contributed by atoms with Crippen LogP contribution in [0.15, 0.2) is 30.5 Å². The lowest BCUT2D eigenvalue weighted by molar-refractivity contribution is 0.567. The summed E-state index contributed by atoms with van der Waals surface area (Å²) < 4.78 is 2.03. The Bertz CT molecular complexity index is 1370. The van der Waals surface area contributed by atoms with Gasteiger partial charge in [-0.1, -0.05) is 26.0 Å². The van der Waals surface area contributed by atoms with Gasteiger partial charge in [-0.3, -0.25) is 4.68 Å². The zero-order chi connectivity index (χ0) is 24.1. The number of hydrogen-bond acceptors (Lipinski definition) is 5. The van der Waals surface area contributed by atoms with Crippen LogP contribution in [0.5, 0.6) is 0 Å². The Hall–Kier alpha value is -3.35. The van der Waals surface area contributed by atoms with Crippen LogP contribution in [0.3, 0.4) is 0 Å². The second-order valence-corrected chi connectivity index (χ2v) is 10.4. The van der Waals surface area contributed by atoms with Crippen molar-refractivity contribution in [3.8, 4) is 11.4 Å². The van der Waals surface area contributed by atoms with Crippen LogP contribution in [-0.2, 0) is 20.0 Å². The number of piperidine rings is 1. The fourth-order valence-corrected chi connectivity index (χ4v) is 5.68. The molecule has 0 saturated carbocycles. The summed E-state index contributed by atoms with van der Waals surface area (Å²) in [4.78, 5) is 18.8. The summed E-state index contributed by atoms with van der Waals surface area (Å²) in [5.41, 5.74) is 7.13.